The number of carboxylic acid groups (broad SMARTS) is 1. The lowest BCUT2D eigenvalue weighted by atomic mass is 10.1. The van der Waals surface area contributed by atoms with Gasteiger partial charge in [-0.15, -0.1) is 0 Å². The number of rotatable bonds is 8. The minimum atomic E-state index is -0.893. The summed E-state index contributed by atoms with van der Waals surface area (Å²) in [6.45, 7) is 0. The lowest BCUT2D eigenvalue weighted by Crippen LogP contribution is -2.04. The molecule has 0 amide bonds. The maximum absolute atomic E-state index is 10.9. The van der Waals surface area contributed by atoms with Gasteiger partial charge in [0.1, 0.15) is 23.0 Å². The SMILES string of the molecule is COC(=O)Cc1ccc(Br)c(O)c1.COC(=O)Cc1cccc(O)c1.COC(=O)Cc1cccc(O)c1Br.O=C(O)Cc1cccc(O)c1. The van der Waals surface area contributed by atoms with Crippen LogP contribution in [-0.2, 0) is 59.1 Å². The molecule has 5 N–H and O–H groups in total. The van der Waals surface area contributed by atoms with E-state index >= 15 is 0 Å². The Bertz CT molecular complexity index is 1690. The van der Waals surface area contributed by atoms with Gasteiger partial charge in [0, 0.05) is 0 Å². The Balaban J connectivity index is 0.000000327. The van der Waals surface area contributed by atoms with E-state index < -0.39 is 5.97 Å². The number of hydrogen-bond acceptors (Lipinski definition) is 11. The van der Waals surface area contributed by atoms with Crippen LogP contribution in [0.5, 0.6) is 23.0 Å². The minimum absolute atomic E-state index is 0.0472. The molecule has 0 aliphatic heterocycles. The van der Waals surface area contributed by atoms with Gasteiger partial charge in [0.05, 0.1) is 56.0 Å². The number of benzene rings is 4. The van der Waals surface area contributed by atoms with Gasteiger partial charge in [0.25, 0.3) is 0 Å². The van der Waals surface area contributed by atoms with Crippen molar-refractivity contribution in [1.82, 2.24) is 0 Å². The van der Waals surface area contributed by atoms with Gasteiger partial charge in [-0.05, 0) is 96.6 Å². The molecule has 0 bridgehead atoms. The summed E-state index contributed by atoms with van der Waals surface area (Å²) in [6.07, 6.45) is 0.488. The molecule has 0 unspecified atom stereocenters. The standard InChI is InChI=1S/2C9H9BrO3.C9H10O3.C8H8O3/c1-13-9(12)5-6-2-3-7(10)8(11)4-6;1-13-8(12)5-6-3-2-4-7(11)9(6)10;1-12-9(11)6-7-3-2-4-8(10)5-7;9-7-3-1-2-6(4-7)5-8(10)11/h2*2-4,11H,5H2,1H3;2-5,10H,6H2,1H3;1-4,9H,5H2,(H,10,11). The second-order valence-electron chi connectivity index (χ2n) is 9.71. The van der Waals surface area contributed by atoms with Crippen molar-refractivity contribution in [1.29, 1.82) is 0 Å². The first kappa shape index (κ1) is 41.9. The fraction of sp³-hybridized carbons (Fsp3) is 0.200. The Morgan fingerprint density at radius 3 is 1.45 bits per heavy atom. The van der Waals surface area contributed by atoms with Gasteiger partial charge in [-0.3, -0.25) is 19.2 Å². The molecule has 0 radical (unpaired) electrons. The number of carbonyl (C=O) groups excluding carboxylic acids is 3. The third kappa shape index (κ3) is 17.6. The number of halogens is 2. The van der Waals surface area contributed by atoms with E-state index in [4.69, 9.17) is 15.3 Å². The number of aromatic hydroxyl groups is 4. The number of aliphatic carboxylic acids is 1. The molecule has 0 spiro atoms. The molecule has 4 aromatic rings. The number of ether oxygens (including phenoxy) is 3. The number of methoxy groups -OCH3 is 3. The van der Waals surface area contributed by atoms with Crippen LogP contribution in [0, 0.1) is 0 Å². The minimum Gasteiger partial charge on any atom is -0.508 e. The summed E-state index contributed by atoms with van der Waals surface area (Å²) in [6, 6.07) is 22.7. The molecular weight excluding hydrogens is 772 g/mol. The second-order valence-corrected chi connectivity index (χ2v) is 11.4. The predicted octanol–water partition coefficient (Wildman–Crippen LogP) is 5.87. The van der Waals surface area contributed by atoms with Crippen molar-refractivity contribution >= 4 is 55.7 Å². The molecule has 0 aliphatic rings. The van der Waals surface area contributed by atoms with Gasteiger partial charge in [-0.1, -0.05) is 42.5 Å². The average Bonchev–Trinajstić information content (AvgIpc) is 3.05. The number of carbonyl (C=O) groups is 4. The van der Waals surface area contributed by atoms with E-state index in [1.807, 2.05) is 0 Å². The van der Waals surface area contributed by atoms with Crippen molar-refractivity contribution in [3.05, 3.63) is 116 Å². The molecular formula is C35H36Br2O12. The van der Waals surface area contributed by atoms with Gasteiger partial charge in [-0.25, -0.2) is 0 Å². The molecule has 0 saturated heterocycles. The molecule has 0 fully saturated rings. The first-order valence-electron chi connectivity index (χ1n) is 14.1. The Labute approximate surface area is 299 Å². The maximum atomic E-state index is 10.9. The quantitative estimate of drug-likeness (QED) is 0.105. The normalized spacial score (nSPS) is 9.57. The number of carboxylic acids is 1. The highest BCUT2D eigenvalue weighted by Gasteiger charge is 2.09. The molecule has 49 heavy (non-hydrogen) atoms. The van der Waals surface area contributed by atoms with E-state index in [2.05, 4.69) is 46.1 Å². The lowest BCUT2D eigenvalue weighted by molar-refractivity contribution is -0.140. The Morgan fingerprint density at radius 1 is 0.551 bits per heavy atom. The van der Waals surface area contributed by atoms with Crippen LogP contribution in [-0.4, -0.2) is 70.7 Å². The summed E-state index contributed by atoms with van der Waals surface area (Å²) in [5, 5.41) is 44.9. The summed E-state index contributed by atoms with van der Waals surface area (Å²) < 4.78 is 14.6. The van der Waals surface area contributed by atoms with Crippen molar-refractivity contribution in [2.45, 2.75) is 25.7 Å². The van der Waals surface area contributed by atoms with Crippen LogP contribution in [0.4, 0.5) is 0 Å². The van der Waals surface area contributed by atoms with E-state index in [1.165, 1.54) is 45.6 Å². The number of phenols is 4. The van der Waals surface area contributed by atoms with Gasteiger partial charge in [0.2, 0.25) is 0 Å². The lowest BCUT2D eigenvalue weighted by Gasteiger charge is -2.04. The largest absolute Gasteiger partial charge is 0.508 e. The third-order valence-electron chi connectivity index (χ3n) is 5.96. The Morgan fingerprint density at radius 2 is 1.00 bits per heavy atom. The van der Waals surface area contributed by atoms with Crippen LogP contribution in [0.25, 0.3) is 0 Å². The fourth-order valence-corrected chi connectivity index (χ4v) is 4.23. The topological polar surface area (TPSA) is 197 Å². The summed E-state index contributed by atoms with van der Waals surface area (Å²) in [5.41, 5.74) is 2.80. The van der Waals surface area contributed by atoms with Crippen molar-refractivity contribution in [2.24, 2.45) is 0 Å². The van der Waals surface area contributed by atoms with E-state index in [-0.39, 0.29) is 66.6 Å². The molecule has 262 valence electrons. The van der Waals surface area contributed by atoms with E-state index in [0.717, 1.165) is 11.1 Å². The summed E-state index contributed by atoms with van der Waals surface area (Å²) in [5.74, 6) is -1.33. The van der Waals surface area contributed by atoms with Crippen molar-refractivity contribution < 1.29 is 58.9 Å². The molecule has 12 nitrogen and oxygen atoms in total. The van der Waals surface area contributed by atoms with Crippen LogP contribution in [0.15, 0.2) is 93.9 Å². The second kappa shape index (κ2) is 22.5. The molecule has 4 rings (SSSR count). The number of esters is 3. The molecule has 0 atom stereocenters. The van der Waals surface area contributed by atoms with Crippen LogP contribution in [0.1, 0.15) is 22.3 Å². The molecule has 0 saturated carbocycles. The molecule has 0 aliphatic carbocycles. The number of hydrogen-bond donors (Lipinski definition) is 5. The monoisotopic (exact) mass is 806 g/mol. The maximum Gasteiger partial charge on any atom is 0.310 e. The first-order valence-corrected chi connectivity index (χ1v) is 15.7. The molecule has 0 aromatic heterocycles. The summed E-state index contributed by atoms with van der Waals surface area (Å²) in [4.78, 5) is 42.8. The zero-order valence-electron chi connectivity index (χ0n) is 26.8. The van der Waals surface area contributed by atoms with Crippen molar-refractivity contribution in [3.63, 3.8) is 0 Å². The Kier molecular flexibility index (Phi) is 19.2. The first-order chi connectivity index (χ1) is 23.2. The van der Waals surface area contributed by atoms with Crippen molar-refractivity contribution in [2.75, 3.05) is 21.3 Å². The molecule has 4 aromatic carbocycles. The van der Waals surface area contributed by atoms with Crippen molar-refractivity contribution in [3.8, 4) is 23.0 Å². The van der Waals surface area contributed by atoms with Crippen LogP contribution < -0.4 is 0 Å². The third-order valence-corrected chi connectivity index (χ3v) is 7.55. The zero-order chi connectivity index (χ0) is 36.9. The average molecular weight is 808 g/mol. The molecule has 0 heterocycles. The smallest absolute Gasteiger partial charge is 0.310 e. The van der Waals surface area contributed by atoms with E-state index in [1.54, 1.807) is 60.7 Å². The Hall–Kier alpha value is -5.08. The highest BCUT2D eigenvalue weighted by atomic mass is 79.9. The summed E-state index contributed by atoms with van der Waals surface area (Å²) in [7, 11) is 4.01. The van der Waals surface area contributed by atoms with Crippen LogP contribution >= 0.6 is 31.9 Å². The fourth-order valence-electron chi connectivity index (χ4n) is 3.58. The predicted molar refractivity (Wildman–Crippen MR) is 186 cm³/mol. The van der Waals surface area contributed by atoms with Gasteiger partial charge in [0.15, 0.2) is 0 Å². The summed E-state index contributed by atoms with van der Waals surface area (Å²) >= 11 is 6.33. The highest BCUT2D eigenvalue weighted by Crippen LogP contribution is 2.27. The molecule has 14 heteroatoms. The van der Waals surface area contributed by atoms with Crippen LogP contribution in [0.2, 0.25) is 0 Å². The number of phenolic OH excluding ortho intramolecular Hbond substituents is 4. The highest BCUT2D eigenvalue weighted by molar-refractivity contribution is 9.11. The van der Waals surface area contributed by atoms with Gasteiger partial charge in [-0.2, -0.15) is 0 Å². The van der Waals surface area contributed by atoms with Gasteiger partial charge < -0.3 is 39.7 Å². The zero-order valence-corrected chi connectivity index (χ0v) is 29.9. The van der Waals surface area contributed by atoms with E-state index in [0.29, 0.717) is 20.1 Å². The van der Waals surface area contributed by atoms with Crippen LogP contribution in [0.3, 0.4) is 0 Å². The van der Waals surface area contributed by atoms with Gasteiger partial charge >= 0.3 is 23.9 Å². The van der Waals surface area contributed by atoms with E-state index in [9.17, 15) is 29.4 Å².